The molecule has 2 aromatic rings. The number of carboxylic acids is 1. The number of imidazole rings is 1. The van der Waals surface area contributed by atoms with Crippen LogP contribution in [0.3, 0.4) is 0 Å². The van der Waals surface area contributed by atoms with Gasteiger partial charge in [0.1, 0.15) is 5.82 Å². The summed E-state index contributed by atoms with van der Waals surface area (Å²) in [6.07, 6.45) is 4.79. The third-order valence-corrected chi connectivity index (χ3v) is 2.28. The molecular weight excluding hydrogens is 232 g/mol. The molecule has 0 fully saturated rings. The van der Waals surface area contributed by atoms with Crippen LogP contribution < -0.4 is 0 Å². The van der Waals surface area contributed by atoms with Crippen molar-refractivity contribution in [3.63, 3.8) is 0 Å². The fourth-order valence-electron chi connectivity index (χ4n) is 1.50. The van der Waals surface area contributed by atoms with Crippen molar-refractivity contribution in [3.05, 3.63) is 54.9 Å². The van der Waals surface area contributed by atoms with Gasteiger partial charge in [-0.25, -0.2) is 9.78 Å². The Hall–Kier alpha value is -2.69. The molecule has 90 valence electrons. The minimum absolute atomic E-state index is 0.450. The van der Waals surface area contributed by atoms with Gasteiger partial charge in [-0.2, -0.15) is 0 Å². The molecule has 5 nitrogen and oxygen atoms in total. The summed E-state index contributed by atoms with van der Waals surface area (Å²) in [7, 11) is 0. The van der Waals surface area contributed by atoms with E-state index in [9.17, 15) is 9.59 Å². The van der Waals surface area contributed by atoms with Crippen molar-refractivity contribution < 1.29 is 14.7 Å². The highest BCUT2D eigenvalue weighted by molar-refractivity contribution is 5.97. The Morgan fingerprint density at radius 3 is 2.56 bits per heavy atom. The van der Waals surface area contributed by atoms with Crippen molar-refractivity contribution in [2.24, 2.45) is 0 Å². The SMILES string of the molecule is O=C(O)/C=C\C(=O)n1ccnc1-c1ccccc1. The summed E-state index contributed by atoms with van der Waals surface area (Å²) in [6.45, 7) is 0. The number of aliphatic carboxylic acids is 1. The molecule has 0 unspecified atom stereocenters. The topological polar surface area (TPSA) is 72.2 Å². The molecule has 0 aliphatic rings. The minimum Gasteiger partial charge on any atom is -0.478 e. The monoisotopic (exact) mass is 242 g/mol. The number of carboxylic acid groups (broad SMARTS) is 1. The second kappa shape index (κ2) is 5.09. The van der Waals surface area contributed by atoms with E-state index < -0.39 is 11.9 Å². The number of hydrogen-bond donors (Lipinski definition) is 1. The summed E-state index contributed by atoms with van der Waals surface area (Å²) in [5, 5.41) is 8.48. The first-order chi connectivity index (χ1) is 8.68. The molecule has 2 rings (SSSR count). The van der Waals surface area contributed by atoms with Crippen LogP contribution in [0.15, 0.2) is 54.9 Å². The molecule has 1 aromatic heterocycles. The number of carbonyl (C=O) groups excluding carboxylic acids is 1. The smallest absolute Gasteiger partial charge is 0.328 e. The van der Waals surface area contributed by atoms with E-state index in [1.54, 1.807) is 0 Å². The summed E-state index contributed by atoms with van der Waals surface area (Å²) < 4.78 is 1.30. The molecule has 18 heavy (non-hydrogen) atoms. The highest BCUT2D eigenvalue weighted by Gasteiger charge is 2.09. The molecule has 0 aliphatic carbocycles. The number of aromatic nitrogens is 2. The number of hydrogen-bond acceptors (Lipinski definition) is 3. The van der Waals surface area contributed by atoms with Crippen LogP contribution in [0.4, 0.5) is 0 Å². The van der Waals surface area contributed by atoms with Gasteiger partial charge in [-0.1, -0.05) is 30.3 Å². The maximum atomic E-state index is 11.8. The number of nitrogens with zero attached hydrogens (tertiary/aromatic N) is 2. The predicted octanol–water partition coefficient (Wildman–Crippen LogP) is 1.83. The molecule has 5 heteroatoms. The van der Waals surface area contributed by atoms with Crippen molar-refractivity contribution in [1.82, 2.24) is 9.55 Å². The molecule has 0 saturated heterocycles. The lowest BCUT2D eigenvalue weighted by molar-refractivity contribution is -0.131. The summed E-state index contributed by atoms with van der Waals surface area (Å²) in [6, 6.07) is 9.20. The molecule has 0 amide bonds. The van der Waals surface area contributed by atoms with Gasteiger partial charge in [-0.05, 0) is 0 Å². The van der Waals surface area contributed by atoms with E-state index in [1.165, 1.54) is 17.0 Å². The highest BCUT2D eigenvalue weighted by Crippen LogP contribution is 2.16. The molecule has 1 aromatic carbocycles. The van der Waals surface area contributed by atoms with Crippen LogP contribution >= 0.6 is 0 Å². The summed E-state index contributed by atoms with van der Waals surface area (Å²) in [5.41, 5.74) is 0.791. The van der Waals surface area contributed by atoms with Crippen LogP contribution in [-0.2, 0) is 4.79 Å². The number of allylic oxidation sites excluding steroid dienone is 1. The zero-order valence-corrected chi connectivity index (χ0v) is 9.35. The first-order valence-corrected chi connectivity index (χ1v) is 5.22. The van der Waals surface area contributed by atoms with E-state index in [0.29, 0.717) is 5.82 Å². The lowest BCUT2D eigenvalue weighted by Gasteiger charge is -2.03. The van der Waals surface area contributed by atoms with Gasteiger partial charge in [-0.15, -0.1) is 0 Å². The lowest BCUT2D eigenvalue weighted by Crippen LogP contribution is -2.08. The molecule has 1 N–H and O–H groups in total. The maximum absolute atomic E-state index is 11.8. The minimum atomic E-state index is -1.16. The maximum Gasteiger partial charge on any atom is 0.328 e. The van der Waals surface area contributed by atoms with E-state index in [0.717, 1.165) is 17.7 Å². The van der Waals surface area contributed by atoms with E-state index in [2.05, 4.69) is 4.98 Å². The Morgan fingerprint density at radius 1 is 1.17 bits per heavy atom. The van der Waals surface area contributed by atoms with Gasteiger partial charge < -0.3 is 5.11 Å². The summed E-state index contributed by atoms with van der Waals surface area (Å²) in [5.74, 6) is -1.13. The number of rotatable bonds is 3. The first-order valence-electron chi connectivity index (χ1n) is 5.22. The van der Waals surface area contributed by atoms with Gasteiger partial charge in [0.05, 0.1) is 0 Å². The quantitative estimate of drug-likeness (QED) is 0.833. The predicted molar refractivity (Wildman–Crippen MR) is 65.1 cm³/mol. The number of benzene rings is 1. The Bertz CT molecular complexity index is 600. The van der Waals surface area contributed by atoms with Crippen molar-refractivity contribution in [3.8, 4) is 11.4 Å². The van der Waals surface area contributed by atoms with E-state index in [4.69, 9.17) is 5.11 Å². The molecule has 0 aliphatic heterocycles. The summed E-state index contributed by atoms with van der Waals surface area (Å²) >= 11 is 0. The van der Waals surface area contributed by atoms with Crippen molar-refractivity contribution in [2.45, 2.75) is 0 Å². The third kappa shape index (κ3) is 2.52. The van der Waals surface area contributed by atoms with Gasteiger partial charge >= 0.3 is 5.97 Å². The highest BCUT2D eigenvalue weighted by atomic mass is 16.4. The molecule has 0 radical (unpaired) electrons. The number of carbonyl (C=O) groups is 2. The van der Waals surface area contributed by atoms with Crippen LogP contribution in [0.5, 0.6) is 0 Å². The van der Waals surface area contributed by atoms with Crippen LogP contribution in [0.1, 0.15) is 4.79 Å². The van der Waals surface area contributed by atoms with Crippen LogP contribution in [0.25, 0.3) is 11.4 Å². The Labute approximate surface area is 103 Å². The average molecular weight is 242 g/mol. The van der Waals surface area contributed by atoms with Gasteiger partial charge in [0, 0.05) is 30.1 Å². The van der Waals surface area contributed by atoms with Crippen LogP contribution in [-0.4, -0.2) is 26.5 Å². The molecule has 0 spiro atoms. The second-order valence-corrected chi connectivity index (χ2v) is 3.50. The Morgan fingerprint density at radius 2 is 1.89 bits per heavy atom. The van der Waals surface area contributed by atoms with E-state index in [1.807, 2.05) is 30.3 Å². The van der Waals surface area contributed by atoms with Crippen molar-refractivity contribution >= 4 is 11.9 Å². The second-order valence-electron chi connectivity index (χ2n) is 3.50. The fraction of sp³-hybridized carbons (Fsp3) is 0. The largest absolute Gasteiger partial charge is 0.478 e. The van der Waals surface area contributed by atoms with Crippen LogP contribution in [0.2, 0.25) is 0 Å². The van der Waals surface area contributed by atoms with E-state index in [-0.39, 0.29) is 0 Å². The van der Waals surface area contributed by atoms with Gasteiger partial charge in [0.15, 0.2) is 0 Å². The normalized spacial score (nSPS) is 10.7. The zero-order valence-electron chi connectivity index (χ0n) is 9.35. The Balaban J connectivity index is 2.34. The van der Waals surface area contributed by atoms with Gasteiger partial charge in [-0.3, -0.25) is 9.36 Å². The summed E-state index contributed by atoms with van der Waals surface area (Å²) in [4.78, 5) is 26.2. The standard InChI is InChI=1S/C13H10N2O3/c16-11(6-7-12(17)18)15-9-8-14-13(15)10-4-2-1-3-5-10/h1-9H,(H,17,18)/b7-6-. The molecule has 0 atom stereocenters. The lowest BCUT2D eigenvalue weighted by atomic mass is 10.2. The average Bonchev–Trinajstić information content (AvgIpc) is 2.86. The van der Waals surface area contributed by atoms with E-state index >= 15 is 0 Å². The van der Waals surface area contributed by atoms with Crippen LogP contribution in [0, 0.1) is 0 Å². The Kier molecular flexibility index (Phi) is 3.33. The van der Waals surface area contributed by atoms with Crippen molar-refractivity contribution in [1.29, 1.82) is 0 Å². The van der Waals surface area contributed by atoms with Crippen molar-refractivity contribution in [2.75, 3.05) is 0 Å². The van der Waals surface area contributed by atoms with Gasteiger partial charge in [0.25, 0.3) is 5.91 Å². The third-order valence-electron chi connectivity index (χ3n) is 2.28. The molecule has 0 bridgehead atoms. The molecule has 1 heterocycles. The molecule has 0 saturated carbocycles. The molecular formula is C13H10N2O3. The first kappa shape index (κ1) is 11.8. The fourth-order valence-corrected chi connectivity index (χ4v) is 1.50. The van der Waals surface area contributed by atoms with Gasteiger partial charge in [0.2, 0.25) is 0 Å². The zero-order chi connectivity index (χ0) is 13.0.